The van der Waals surface area contributed by atoms with Gasteiger partial charge in [0.1, 0.15) is 0 Å². The maximum Gasteiger partial charge on any atom is 0.0714 e. The van der Waals surface area contributed by atoms with E-state index in [2.05, 4.69) is 165 Å². The quantitative estimate of drug-likeness (QED) is 0.241. The van der Waals surface area contributed by atoms with Gasteiger partial charge in [-0.05, 0) is 79.9 Å². The highest BCUT2D eigenvalue weighted by molar-refractivity contribution is 5.88. The number of hydrogen-bond acceptors (Lipinski definition) is 1. The van der Waals surface area contributed by atoms with E-state index in [4.69, 9.17) is 0 Å². The maximum atomic E-state index is 3.80. The molecule has 0 aliphatic heterocycles. The summed E-state index contributed by atoms with van der Waals surface area (Å²) in [5.41, 5.74) is 15.1. The summed E-state index contributed by atoms with van der Waals surface area (Å²) in [5, 5.41) is 3.80. The number of rotatable bonds is 4. The number of hydrogen-bond donors (Lipinski definition) is 1. The average Bonchev–Trinajstić information content (AvgIpc) is 3.44. The fraction of sp³-hybridized carbons (Fsp3) is 0.100. The van der Waals surface area contributed by atoms with Crippen LogP contribution < -0.4 is 5.32 Å². The molecular weight excluding hydrogens is 494 g/mol. The second kappa shape index (κ2) is 8.81. The lowest BCUT2D eigenvalue weighted by atomic mass is 9.67. The van der Waals surface area contributed by atoms with Crippen molar-refractivity contribution >= 4 is 11.4 Å². The Balaban J connectivity index is 1.29. The van der Waals surface area contributed by atoms with Crippen LogP contribution in [0.2, 0.25) is 0 Å². The van der Waals surface area contributed by atoms with Crippen molar-refractivity contribution in [2.24, 2.45) is 0 Å². The van der Waals surface area contributed by atoms with Gasteiger partial charge in [-0.2, -0.15) is 0 Å². The molecule has 0 unspecified atom stereocenters. The molecule has 0 amide bonds. The Hall–Kier alpha value is -4.88. The van der Waals surface area contributed by atoms with Gasteiger partial charge in [0.2, 0.25) is 0 Å². The van der Waals surface area contributed by atoms with Crippen molar-refractivity contribution in [3.05, 3.63) is 179 Å². The Labute approximate surface area is 242 Å². The molecule has 0 aromatic heterocycles. The van der Waals surface area contributed by atoms with E-state index in [0.717, 1.165) is 11.4 Å². The van der Waals surface area contributed by atoms with Crippen molar-refractivity contribution < 1.29 is 0 Å². The van der Waals surface area contributed by atoms with Crippen LogP contribution in [0.15, 0.2) is 146 Å². The van der Waals surface area contributed by atoms with Gasteiger partial charge in [-0.1, -0.05) is 135 Å². The van der Waals surface area contributed by atoms with E-state index in [1.54, 1.807) is 0 Å². The Morgan fingerprint density at radius 3 is 1.44 bits per heavy atom. The summed E-state index contributed by atoms with van der Waals surface area (Å²) >= 11 is 0. The zero-order valence-corrected chi connectivity index (χ0v) is 23.4. The van der Waals surface area contributed by atoms with Crippen LogP contribution in [-0.2, 0) is 10.8 Å². The minimum Gasteiger partial charge on any atom is -0.356 e. The molecule has 6 aromatic carbocycles. The van der Waals surface area contributed by atoms with E-state index in [0.29, 0.717) is 0 Å². The molecule has 0 radical (unpaired) electrons. The zero-order chi connectivity index (χ0) is 27.6. The summed E-state index contributed by atoms with van der Waals surface area (Å²) in [5.74, 6) is 0. The molecule has 0 atom stereocenters. The van der Waals surface area contributed by atoms with Gasteiger partial charge < -0.3 is 5.32 Å². The number of nitrogens with one attached hydrogen (secondary N) is 1. The van der Waals surface area contributed by atoms with Crippen molar-refractivity contribution in [1.82, 2.24) is 0 Å². The number of benzene rings is 6. The third kappa shape index (κ3) is 3.36. The second-order valence-corrected chi connectivity index (χ2v) is 11.8. The number of fused-ring (bicyclic) bond motifs is 6. The first-order valence-electron chi connectivity index (χ1n) is 14.5. The van der Waals surface area contributed by atoms with E-state index in [-0.39, 0.29) is 5.41 Å². The molecule has 2 aliphatic rings. The van der Waals surface area contributed by atoms with Gasteiger partial charge in [0.05, 0.1) is 5.41 Å². The van der Waals surface area contributed by atoms with Crippen molar-refractivity contribution in [1.29, 1.82) is 0 Å². The van der Waals surface area contributed by atoms with Crippen LogP contribution in [0.4, 0.5) is 11.4 Å². The molecule has 1 nitrogen and oxygen atoms in total. The third-order valence-corrected chi connectivity index (χ3v) is 9.33. The molecule has 0 saturated heterocycles. The van der Waals surface area contributed by atoms with Gasteiger partial charge in [-0.25, -0.2) is 0 Å². The molecule has 1 heteroatoms. The highest BCUT2D eigenvalue weighted by atomic mass is 14.9. The van der Waals surface area contributed by atoms with E-state index >= 15 is 0 Å². The second-order valence-electron chi connectivity index (χ2n) is 11.8. The van der Waals surface area contributed by atoms with Crippen LogP contribution in [0.5, 0.6) is 0 Å². The zero-order valence-electron chi connectivity index (χ0n) is 23.4. The standard InChI is InChI=1S/C40H31N/c1-39(2)35-19-11-9-17-31(35)33-23-21-29(25-37(33)39)41-30-22-24-34-32-18-10-12-20-36(32)40(38(34)26-30,27-13-5-3-6-14-27)28-15-7-4-8-16-28/h3-26,41H,1-2H3. The van der Waals surface area contributed by atoms with Gasteiger partial charge in [0.25, 0.3) is 0 Å². The Kier molecular flexibility index (Phi) is 5.15. The van der Waals surface area contributed by atoms with Crippen LogP contribution in [0.1, 0.15) is 47.2 Å². The molecule has 196 valence electrons. The summed E-state index contributed by atoms with van der Waals surface area (Å²) in [6.07, 6.45) is 0. The first-order chi connectivity index (χ1) is 20.1. The Bertz CT molecular complexity index is 1890. The van der Waals surface area contributed by atoms with Crippen LogP contribution in [0, 0.1) is 0 Å². The average molecular weight is 526 g/mol. The van der Waals surface area contributed by atoms with Crippen LogP contribution >= 0.6 is 0 Å². The molecule has 0 fully saturated rings. The predicted molar refractivity (Wildman–Crippen MR) is 171 cm³/mol. The molecule has 2 aliphatic carbocycles. The van der Waals surface area contributed by atoms with Crippen molar-refractivity contribution in [2.45, 2.75) is 24.7 Å². The Morgan fingerprint density at radius 1 is 0.390 bits per heavy atom. The highest BCUT2D eigenvalue weighted by Gasteiger charge is 2.46. The first kappa shape index (κ1) is 24.0. The maximum absolute atomic E-state index is 3.80. The summed E-state index contributed by atoms with van der Waals surface area (Å²) in [4.78, 5) is 0. The van der Waals surface area contributed by atoms with Gasteiger partial charge >= 0.3 is 0 Å². The molecule has 1 N–H and O–H groups in total. The van der Waals surface area contributed by atoms with E-state index in [9.17, 15) is 0 Å². The van der Waals surface area contributed by atoms with Crippen LogP contribution in [-0.4, -0.2) is 0 Å². The third-order valence-electron chi connectivity index (χ3n) is 9.33. The lowest BCUT2D eigenvalue weighted by Gasteiger charge is -2.34. The smallest absolute Gasteiger partial charge is 0.0714 e. The fourth-order valence-electron chi connectivity index (χ4n) is 7.47. The summed E-state index contributed by atoms with van der Waals surface area (Å²) < 4.78 is 0. The summed E-state index contributed by atoms with van der Waals surface area (Å²) in [6, 6.07) is 53.5. The topological polar surface area (TPSA) is 12.0 Å². The van der Waals surface area contributed by atoms with E-state index in [1.807, 2.05) is 0 Å². The summed E-state index contributed by atoms with van der Waals surface area (Å²) in [7, 11) is 0. The monoisotopic (exact) mass is 525 g/mol. The molecule has 0 saturated carbocycles. The van der Waals surface area contributed by atoms with Crippen LogP contribution in [0.25, 0.3) is 22.3 Å². The lowest BCUT2D eigenvalue weighted by Crippen LogP contribution is -2.28. The van der Waals surface area contributed by atoms with Crippen molar-refractivity contribution in [2.75, 3.05) is 5.32 Å². The van der Waals surface area contributed by atoms with Gasteiger partial charge in [-0.15, -0.1) is 0 Å². The molecule has 0 heterocycles. The number of anilines is 2. The molecule has 41 heavy (non-hydrogen) atoms. The molecular formula is C40H31N. The minimum atomic E-state index is -0.395. The molecule has 0 bridgehead atoms. The lowest BCUT2D eigenvalue weighted by molar-refractivity contribution is 0.660. The van der Waals surface area contributed by atoms with Crippen LogP contribution in [0.3, 0.4) is 0 Å². The van der Waals surface area contributed by atoms with E-state index in [1.165, 1.54) is 55.6 Å². The van der Waals surface area contributed by atoms with Crippen molar-refractivity contribution in [3.63, 3.8) is 0 Å². The van der Waals surface area contributed by atoms with E-state index < -0.39 is 5.41 Å². The van der Waals surface area contributed by atoms with Gasteiger partial charge in [0.15, 0.2) is 0 Å². The highest BCUT2D eigenvalue weighted by Crippen LogP contribution is 2.56. The molecule has 0 spiro atoms. The summed E-state index contributed by atoms with van der Waals surface area (Å²) in [6.45, 7) is 4.67. The Morgan fingerprint density at radius 2 is 0.829 bits per heavy atom. The SMILES string of the molecule is CC1(C)c2ccccc2-c2ccc(Nc3ccc4c(c3)C(c3ccccc3)(c3ccccc3)c3ccccc3-4)cc21. The molecule has 8 rings (SSSR count). The van der Waals surface area contributed by atoms with Crippen molar-refractivity contribution in [3.8, 4) is 22.3 Å². The van der Waals surface area contributed by atoms with Gasteiger partial charge in [-0.3, -0.25) is 0 Å². The minimum absolute atomic E-state index is 0.0288. The van der Waals surface area contributed by atoms with Gasteiger partial charge in [0, 0.05) is 16.8 Å². The largest absolute Gasteiger partial charge is 0.356 e. The predicted octanol–water partition coefficient (Wildman–Crippen LogP) is 10.1. The molecule has 6 aromatic rings. The fourth-order valence-corrected chi connectivity index (χ4v) is 7.47. The first-order valence-corrected chi connectivity index (χ1v) is 14.5. The normalized spacial score (nSPS) is 15.0.